The maximum Gasteiger partial charge on any atom is 0.344 e. The molecule has 152 valence electrons. The Labute approximate surface area is 171 Å². The van der Waals surface area contributed by atoms with Crippen molar-refractivity contribution in [2.45, 2.75) is 32.3 Å². The highest BCUT2D eigenvalue weighted by Gasteiger charge is 2.27. The molecule has 1 aliphatic carbocycles. The van der Waals surface area contributed by atoms with Gasteiger partial charge in [-0.1, -0.05) is 0 Å². The number of primary amides is 1. The largest absolute Gasteiger partial charge is 0.482 e. The highest BCUT2D eigenvalue weighted by Crippen LogP contribution is 2.38. The summed E-state index contributed by atoms with van der Waals surface area (Å²) in [7, 11) is 0. The first-order valence-electron chi connectivity index (χ1n) is 9.01. The number of thiophene rings is 1. The summed E-state index contributed by atoms with van der Waals surface area (Å²) in [6.07, 6.45) is 2.19. The molecule has 0 spiro atoms. The van der Waals surface area contributed by atoms with Crippen LogP contribution in [0, 0.1) is 0 Å². The Morgan fingerprint density at radius 1 is 1.24 bits per heavy atom. The lowest BCUT2D eigenvalue weighted by atomic mass is 10.1. The van der Waals surface area contributed by atoms with Gasteiger partial charge >= 0.3 is 5.97 Å². The van der Waals surface area contributed by atoms with Crippen LogP contribution in [0.25, 0.3) is 0 Å². The van der Waals surface area contributed by atoms with Crippen LogP contribution in [0.3, 0.4) is 0 Å². The van der Waals surface area contributed by atoms with Gasteiger partial charge < -0.3 is 20.5 Å². The van der Waals surface area contributed by atoms with Gasteiger partial charge in [-0.2, -0.15) is 0 Å². The number of anilines is 1. The Kier molecular flexibility index (Phi) is 6.28. The predicted octanol–water partition coefficient (Wildman–Crippen LogP) is 2.10. The summed E-state index contributed by atoms with van der Waals surface area (Å²) in [5.74, 6) is -1.48. The van der Waals surface area contributed by atoms with Gasteiger partial charge in [-0.3, -0.25) is 14.4 Å². The van der Waals surface area contributed by atoms with Crippen LogP contribution in [0.4, 0.5) is 5.00 Å². The number of rotatable bonds is 8. The van der Waals surface area contributed by atoms with Gasteiger partial charge in [0, 0.05) is 10.4 Å². The van der Waals surface area contributed by atoms with E-state index < -0.39 is 30.5 Å². The third-order valence-electron chi connectivity index (χ3n) is 4.45. The van der Waals surface area contributed by atoms with Crippen LogP contribution in [0.5, 0.6) is 5.75 Å². The van der Waals surface area contributed by atoms with Gasteiger partial charge in [0.2, 0.25) is 0 Å². The molecular weight excluding hydrogens is 396 g/mol. The first kappa shape index (κ1) is 20.5. The van der Waals surface area contributed by atoms with Crippen LogP contribution in [-0.4, -0.2) is 36.8 Å². The Bertz CT molecular complexity index is 951. The summed E-state index contributed by atoms with van der Waals surface area (Å²) in [6.45, 7) is 1.04. The van der Waals surface area contributed by atoms with E-state index in [2.05, 4.69) is 5.32 Å². The van der Waals surface area contributed by atoms with E-state index in [1.165, 1.54) is 18.3 Å². The Balaban J connectivity index is 1.54. The lowest BCUT2D eigenvalue weighted by Crippen LogP contribution is -2.32. The number of nitrogens with one attached hydrogen (secondary N) is 1. The van der Waals surface area contributed by atoms with Gasteiger partial charge in [0.1, 0.15) is 17.0 Å². The third kappa shape index (κ3) is 4.80. The molecule has 8 nitrogen and oxygen atoms in total. The quantitative estimate of drug-likeness (QED) is 0.501. The molecule has 1 aliphatic rings. The molecule has 29 heavy (non-hydrogen) atoms. The van der Waals surface area contributed by atoms with Gasteiger partial charge in [-0.05, 0) is 56.0 Å². The van der Waals surface area contributed by atoms with Crippen molar-refractivity contribution < 1.29 is 28.7 Å². The van der Waals surface area contributed by atoms with Crippen molar-refractivity contribution in [1.82, 2.24) is 0 Å². The van der Waals surface area contributed by atoms with E-state index in [0.29, 0.717) is 28.2 Å². The second kappa shape index (κ2) is 8.87. The monoisotopic (exact) mass is 416 g/mol. The number of hydrogen-bond acceptors (Lipinski definition) is 7. The molecule has 3 N–H and O–H groups in total. The number of carbonyl (C=O) groups excluding carboxylic acids is 4. The number of aldehydes is 1. The Morgan fingerprint density at radius 3 is 2.62 bits per heavy atom. The Morgan fingerprint density at radius 2 is 1.97 bits per heavy atom. The number of fused-ring (bicyclic) bond motifs is 1. The molecule has 0 saturated heterocycles. The van der Waals surface area contributed by atoms with Crippen molar-refractivity contribution in [2.75, 3.05) is 11.9 Å². The minimum atomic E-state index is -1.08. The molecule has 0 aliphatic heterocycles. The minimum Gasteiger partial charge on any atom is -0.482 e. The predicted molar refractivity (Wildman–Crippen MR) is 106 cm³/mol. The number of nitrogens with two attached hydrogens (primary N) is 1. The fraction of sp³-hybridized carbons (Fsp3) is 0.300. The fourth-order valence-electron chi connectivity index (χ4n) is 3.04. The van der Waals surface area contributed by atoms with E-state index in [1.54, 1.807) is 24.3 Å². The molecule has 1 heterocycles. The second-order valence-electron chi connectivity index (χ2n) is 6.52. The molecule has 2 aromatic rings. The molecule has 0 fully saturated rings. The van der Waals surface area contributed by atoms with Gasteiger partial charge in [-0.25, -0.2) is 4.79 Å². The summed E-state index contributed by atoms with van der Waals surface area (Å²) in [5.41, 5.74) is 7.20. The normalized spacial score (nSPS) is 13.3. The Hall–Kier alpha value is -3.20. The van der Waals surface area contributed by atoms with E-state index in [0.717, 1.165) is 29.7 Å². The minimum absolute atomic E-state index is 0.344. The average molecular weight is 416 g/mol. The summed E-state index contributed by atoms with van der Waals surface area (Å²) in [5, 5.41) is 3.03. The number of amides is 2. The zero-order valence-corrected chi connectivity index (χ0v) is 16.5. The van der Waals surface area contributed by atoms with Gasteiger partial charge in [0.15, 0.2) is 12.7 Å². The number of benzene rings is 1. The first-order chi connectivity index (χ1) is 13.9. The topological polar surface area (TPSA) is 125 Å². The summed E-state index contributed by atoms with van der Waals surface area (Å²) in [6, 6.07) is 6.21. The maximum absolute atomic E-state index is 12.4. The average Bonchev–Trinajstić information content (AvgIpc) is 3.27. The van der Waals surface area contributed by atoms with Gasteiger partial charge in [-0.15, -0.1) is 11.3 Å². The molecule has 3 rings (SSSR count). The van der Waals surface area contributed by atoms with Crippen LogP contribution in [0.15, 0.2) is 24.3 Å². The van der Waals surface area contributed by atoms with E-state index in [4.69, 9.17) is 15.2 Å². The lowest BCUT2D eigenvalue weighted by molar-refractivity contribution is -0.155. The maximum atomic E-state index is 12.4. The fourth-order valence-corrected chi connectivity index (χ4v) is 4.33. The zero-order valence-electron chi connectivity index (χ0n) is 15.7. The van der Waals surface area contributed by atoms with E-state index >= 15 is 0 Å². The molecule has 2 amide bonds. The number of carbonyl (C=O) groups is 4. The molecular formula is C20H20N2O6S. The molecule has 1 aromatic carbocycles. The highest BCUT2D eigenvalue weighted by molar-refractivity contribution is 7.17. The van der Waals surface area contributed by atoms with Crippen LogP contribution < -0.4 is 15.8 Å². The summed E-state index contributed by atoms with van der Waals surface area (Å²) in [4.78, 5) is 47.8. The van der Waals surface area contributed by atoms with E-state index in [-0.39, 0.29) is 0 Å². The molecule has 0 radical (unpaired) electrons. The summed E-state index contributed by atoms with van der Waals surface area (Å²) >= 11 is 1.33. The van der Waals surface area contributed by atoms with Crippen molar-refractivity contribution in [3.8, 4) is 5.75 Å². The molecule has 9 heteroatoms. The molecule has 0 saturated carbocycles. The number of ether oxygens (including phenoxy) is 2. The molecule has 1 atom stereocenters. The van der Waals surface area contributed by atoms with Crippen molar-refractivity contribution in [3.05, 3.63) is 45.8 Å². The SMILES string of the molecule is C[C@H](OC(=O)COc1ccc(C=O)cc1)C(=O)Nc1sc2c(c1C(N)=O)CCC2. The smallest absolute Gasteiger partial charge is 0.344 e. The standard InChI is InChI=1S/C20H20N2O6S/c1-11(28-16(24)10-27-13-7-5-12(9-23)6-8-13)19(26)22-20-17(18(21)25)14-3-2-4-15(14)29-20/h5-9,11H,2-4,10H2,1H3,(H2,21,25)(H,22,26)/t11-/m0/s1. The molecule has 1 aromatic heterocycles. The van der Waals surface area contributed by atoms with Crippen molar-refractivity contribution in [3.63, 3.8) is 0 Å². The number of esters is 1. The van der Waals surface area contributed by atoms with Crippen molar-refractivity contribution in [1.29, 1.82) is 0 Å². The number of aryl methyl sites for hydroxylation is 1. The summed E-state index contributed by atoms with van der Waals surface area (Å²) < 4.78 is 10.4. The number of hydrogen-bond donors (Lipinski definition) is 2. The van der Waals surface area contributed by atoms with Crippen LogP contribution in [-0.2, 0) is 27.2 Å². The molecule has 0 bridgehead atoms. The van der Waals surface area contributed by atoms with Crippen LogP contribution in [0.1, 0.15) is 44.5 Å². The van der Waals surface area contributed by atoms with Crippen molar-refractivity contribution >= 4 is 40.4 Å². The van der Waals surface area contributed by atoms with Gasteiger partial charge in [0.05, 0.1) is 5.56 Å². The lowest BCUT2D eigenvalue weighted by Gasteiger charge is -2.14. The van der Waals surface area contributed by atoms with E-state index in [9.17, 15) is 19.2 Å². The molecule has 0 unspecified atom stereocenters. The first-order valence-corrected chi connectivity index (χ1v) is 9.83. The van der Waals surface area contributed by atoms with Crippen LogP contribution in [0.2, 0.25) is 0 Å². The van der Waals surface area contributed by atoms with Crippen molar-refractivity contribution in [2.24, 2.45) is 5.73 Å². The zero-order chi connectivity index (χ0) is 21.0. The van der Waals surface area contributed by atoms with E-state index in [1.807, 2.05) is 0 Å². The second-order valence-corrected chi connectivity index (χ2v) is 7.63. The highest BCUT2D eigenvalue weighted by atomic mass is 32.1. The van der Waals surface area contributed by atoms with Crippen LogP contribution >= 0.6 is 11.3 Å². The van der Waals surface area contributed by atoms with Gasteiger partial charge in [0.25, 0.3) is 11.8 Å². The third-order valence-corrected chi connectivity index (χ3v) is 5.66.